The van der Waals surface area contributed by atoms with Crippen molar-refractivity contribution >= 4 is 22.8 Å². The Balaban J connectivity index is 1.85. The van der Waals surface area contributed by atoms with Gasteiger partial charge in [-0.15, -0.1) is 0 Å². The van der Waals surface area contributed by atoms with Crippen molar-refractivity contribution in [1.82, 2.24) is 15.0 Å². The van der Waals surface area contributed by atoms with E-state index in [4.69, 9.17) is 5.73 Å². The number of nitrogens with one attached hydrogen (secondary N) is 1. The maximum Gasteiger partial charge on any atom is 0.248 e. The molecule has 0 radical (unpaired) electrons. The first-order valence-corrected chi connectivity index (χ1v) is 8.61. The van der Waals surface area contributed by atoms with Crippen LogP contribution in [-0.4, -0.2) is 33.9 Å². The largest absolute Gasteiger partial charge is 0.366 e. The summed E-state index contributed by atoms with van der Waals surface area (Å²) in [6.07, 6.45) is 5.96. The second-order valence-corrected chi connectivity index (χ2v) is 6.76. The van der Waals surface area contributed by atoms with Gasteiger partial charge in [-0.2, -0.15) is 0 Å². The summed E-state index contributed by atoms with van der Waals surface area (Å²) in [6, 6.07) is 7.37. The molecule has 1 saturated heterocycles. The zero-order valence-corrected chi connectivity index (χ0v) is 14.2. The highest BCUT2D eigenvalue weighted by atomic mass is 16.1. The van der Waals surface area contributed by atoms with Gasteiger partial charge in [-0.25, -0.2) is 9.97 Å². The third-order valence-corrected chi connectivity index (χ3v) is 4.86. The number of benzene rings is 1. The zero-order valence-electron chi connectivity index (χ0n) is 14.2. The SMILES string of the molecule is C[C@H]1CCCN(c2ncnc3[nH]cc(-c4cccc(C(N)=O)c4)c23)C1. The number of hydrogen-bond donors (Lipinski definition) is 2. The van der Waals surface area contributed by atoms with Crippen LogP contribution in [0.5, 0.6) is 0 Å². The Hall–Kier alpha value is -2.89. The number of carbonyl (C=O) groups excluding carboxylic acids is 1. The number of hydrogen-bond acceptors (Lipinski definition) is 4. The molecule has 1 aliphatic heterocycles. The number of piperidine rings is 1. The van der Waals surface area contributed by atoms with E-state index < -0.39 is 5.91 Å². The van der Waals surface area contributed by atoms with Crippen LogP contribution >= 0.6 is 0 Å². The number of rotatable bonds is 3. The number of aromatic amines is 1. The van der Waals surface area contributed by atoms with E-state index >= 15 is 0 Å². The molecule has 0 unspecified atom stereocenters. The molecule has 128 valence electrons. The highest BCUT2D eigenvalue weighted by Gasteiger charge is 2.22. The highest BCUT2D eigenvalue weighted by molar-refractivity contribution is 6.02. The fourth-order valence-electron chi connectivity index (χ4n) is 3.64. The van der Waals surface area contributed by atoms with Crippen LogP contribution in [0.3, 0.4) is 0 Å². The van der Waals surface area contributed by atoms with Gasteiger partial charge in [0.25, 0.3) is 0 Å². The number of carbonyl (C=O) groups is 1. The van der Waals surface area contributed by atoms with Gasteiger partial charge in [0.15, 0.2) is 0 Å². The average Bonchev–Trinajstić information content (AvgIpc) is 3.06. The molecule has 3 heterocycles. The molecule has 0 bridgehead atoms. The van der Waals surface area contributed by atoms with Crippen LogP contribution < -0.4 is 10.6 Å². The first kappa shape index (κ1) is 15.6. The summed E-state index contributed by atoms with van der Waals surface area (Å²) < 4.78 is 0. The quantitative estimate of drug-likeness (QED) is 0.770. The van der Waals surface area contributed by atoms with Crippen LogP contribution in [0.25, 0.3) is 22.2 Å². The van der Waals surface area contributed by atoms with Crippen molar-refractivity contribution in [3.63, 3.8) is 0 Å². The minimum absolute atomic E-state index is 0.428. The van der Waals surface area contributed by atoms with Crippen molar-refractivity contribution in [2.45, 2.75) is 19.8 Å². The van der Waals surface area contributed by atoms with Crippen LogP contribution in [0.15, 0.2) is 36.8 Å². The van der Waals surface area contributed by atoms with Gasteiger partial charge < -0.3 is 15.6 Å². The van der Waals surface area contributed by atoms with E-state index in [1.807, 2.05) is 24.4 Å². The van der Waals surface area contributed by atoms with Crippen LogP contribution in [-0.2, 0) is 0 Å². The molecular weight excluding hydrogens is 314 g/mol. The summed E-state index contributed by atoms with van der Waals surface area (Å²) in [5, 5.41) is 0.998. The minimum Gasteiger partial charge on any atom is -0.366 e. The van der Waals surface area contributed by atoms with Crippen molar-refractivity contribution in [2.75, 3.05) is 18.0 Å². The fraction of sp³-hybridized carbons (Fsp3) is 0.316. The first-order valence-electron chi connectivity index (χ1n) is 8.61. The number of primary amides is 1. The molecule has 0 saturated carbocycles. The summed E-state index contributed by atoms with van der Waals surface area (Å²) in [7, 11) is 0. The van der Waals surface area contributed by atoms with Gasteiger partial charge in [0.05, 0.1) is 5.39 Å². The van der Waals surface area contributed by atoms with Crippen LogP contribution in [0.2, 0.25) is 0 Å². The molecule has 1 aromatic carbocycles. The number of H-pyrrole nitrogens is 1. The van der Waals surface area contributed by atoms with Crippen molar-refractivity contribution in [2.24, 2.45) is 11.7 Å². The minimum atomic E-state index is -0.428. The maximum atomic E-state index is 11.5. The van der Waals surface area contributed by atoms with Crippen LogP contribution in [0.4, 0.5) is 5.82 Å². The molecule has 1 atom stereocenters. The van der Waals surface area contributed by atoms with Crippen molar-refractivity contribution in [1.29, 1.82) is 0 Å². The normalized spacial score (nSPS) is 17.8. The Morgan fingerprint density at radius 2 is 2.24 bits per heavy atom. The third kappa shape index (κ3) is 2.84. The molecule has 6 nitrogen and oxygen atoms in total. The number of nitrogens with two attached hydrogens (primary N) is 1. The average molecular weight is 335 g/mol. The molecule has 3 N–H and O–H groups in total. The Morgan fingerprint density at radius 3 is 3.04 bits per heavy atom. The molecule has 0 spiro atoms. The van der Waals surface area contributed by atoms with E-state index in [1.54, 1.807) is 12.4 Å². The number of nitrogens with zero attached hydrogens (tertiary/aromatic N) is 3. The lowest BCUT2D eigenvalue weighted by Gasteiger charge is -2.32. The number of aromatic nitrogens is 3. The van der Waals surface area contributed by atoms with Gasteiger partial charge in [0.1, 0.15) is 17.8 Å². The van der Waals surface area contributed by atoms with E-state index in [0.717, 1.165) is 41.1 Å². The summed E-state index contributed by atoms with van der Waals surface area (Å²) in [5.74, 6) is 1.18. The summed E-state index contributed by atoms with van der Waals surface area (Å²) in [6.45, 7) is 4.28. The lowest BCUT2D eigenvalue weighted by molar-refractivity contribution is 0.100. The van der Waals surface area contributed by atoms with Gasteiger partial charge >= 0.3 is 0 Å². The summed E-state index contributed by atoms with van der Waals surface area (Å²) in [4.78, 5) is 26.0. The molecule has 1 aliphatic rings. The molecule has 6 heteroatoms. The van der Waals surface area contributed by atoms with E-state index in [2.05, 4.69) is 26.8 Å². The van der Waals surface area contributed by atoms with E-state index in [9.17, 15) is 4.79 Å². The molecular formula is C19H21N5O. The van der Waals surface area contributed by atoms with Gasteiger partial charge in [0.2, 0.25) is 5.91 Å². The van der Waals surface area contributed by atoms with E-state index in [-0.39, 0.29) is 0 Å². The Morgan fingerprint density at radius 1 is 1.36 bits per heavy atom. The molecule has 3 aromatic rings. The van der Waals surface area contributed by atoms with Crippen molar-refractivity contribution in [3.8, 4) is 11.1 Å². The lowest BCUT2D eigenvalue weighted by Crippen LogP contribution is -2.35. The lowest BCUT2D eigenvalue weighted by atomic mass is 9.99. The number of anilines is 1. The zero-order chi connectivity index (χ0) is 17.4. The van der Waals surface area contributed by atoms with Gasteiger partial charge in [-0.05, 0) is 36.5 Å². The van der Waals surface area contributed by atoms with Gasteiger partial charge in [-0.1, -0.05) is 19.1 Å². The van der Waals surface area contributed by atoms with E-state index in [0.29, 0.717) is 11.5 Å². The number of fused-ring (bicyclic) bond motifs is 1. The van der Waals surface area contributed by atoms with Crippen LogP contribution in [0, 0.1) is 5.92 Å². The standard InChI is InChI=1S/C19H21N5O/c1-12-4-3-7-24(10-12)19-16-15(9-21-18(16)22-11-23-19)13-5-2-6-14(8-13)17(20)25/h2,5-6,8-9,11-12H,3-4,7,10H2,1H3,(H2,20,25)(H,21,22,23)/t12-/m0/s1. The molecule has 2 aromatic heterocycles. The Labute approximate surface area is 146 Å². The predicted molar refractivity (Wildman–Crippen MR) is 98.5 cm³/mol. The summed E-state index contributed by atoms with van der Waals surface area (Å²) in [5.41, 5.74) is 8.66. The van der Waals surface area contributed by atoms with Gasteiger partial charge in [-0.3, -0.25) is 4.79 Å². The Bertz CT molecular complexity index is 932. The second-order valence-electron chi connectivity index (χ2n) is 6.76. The fourth-order valence-corrected chi connectivity index (χ4v) is 3.64. The molecule has 25 heavy (non-hydrogen) atoms. The molecule has 0 aliphatic carbocycles. The van der Waals surface area contributed by atoms with Crippen molar-refractivity contribution < 1.29 is 4.79 Å². The van der Waals surface area contributed by atoms with Crippen LogP contribution in [0.1, 0.15) is 30.1 Å². The maximum absolute atomic E-state index is 11.5. The molecule has 1 amide bonds. The first-order chi connectivity index (χ1) is 12.1. The second kappa shape index (κ2) is 6.20. The third-order valence-electron chi connectivity index (χ3n) is 4.86. The highest BCUT2D eigenvalue weighted by Crippen LogP contribution is 2.35. The van der Waals surface area contributed by atoms with Gasteiger partial charge in [0, 0.05) is 30.4 Å². The molecule has 4 rings (SSSR count). The topological polar surface area (TPSA) is 87.9 Å². The Kier molecular flexibility index (Phi) is 3.87. The predicted octanol–water partition coefficient (Wildman–Crippen LogP) is 2.96. The summed E-state index contributed by atoms with van der Waals surface area (Å²) >= 11 is 0. The van der Waals surface area contributed by atoms with Crippen molar-refractivity contribution in [3.05, 3.63) is 42.4 Å². The number of amides is 1. The smallest absolute Gasteiger partial charge is 0.248 e. The van der Waals surface area contributed by atoms with E-state index in [1.165, 1.54) is 12.8 Å². The molecule has 1 fully saturated rings. The monoisotopic (exact) mass is 335 g/mol.